The number of thioether (sulfide) groups is 1. The van der Waals surface area contributed by atoms with Crippen LogP contribution in [0.25, 0.3) is 10.2 Å². The predicted octanol–water partition coefficient (Wildman–Crippen LogP) is 5.53. The van der Waals surface area contributed by atoms with Crippen molar-refractivity contribution in [3.05, 3.63) is 78.0 Å². The van der Waals surface area contributed by atoms with Gasteiger partial charge >= 0.3 is 0 Å². The number of carbonyl (C=O) groups excluding carboxylic acids is 1. The number of rotatable bonds is 6. The number of furan rings is 1. The molecule has 0 aliphatic heterocycles. The summed E-state index contributed by atoms with van der Waals surface area (Å²) < 4.78 is 19.7. The molecule has 0 radical (unpaired) electrons. The molecule has 2 aromatic carbocycles. The highest BCUT2D eigenvalue weighted by Crippen LogP contribution is 2.31. The van der Waals surface area contributed by atoms with E-state index in [-0.39, 0.29) is 24.7 Å². The Morgan fingerprint density at radius 2 is 2.04 bits per heavy atom. The summed E-state index contributed by atoms with van der Waals surface area (Å²) in [5.74, 6) is 0.254. The van der Waals surface area contributed by atoms with Gasteiger partial charge in [0, 0.05) is 4.90 Å². The molecule has 142 valence electrons. The zero-order chi connectivity index (χ0) is 19.5. The van der Waals surface area contributed by atoms with Gasteiger partial charge in [0.1, 0.15) is 11.6 Å². The third kappa shape index (κ3) is 4.10. The van der Waals surface area contributed by atoms with Crippen molar-refractivity contribution in [3.8, 4) is 0 Å². The first kappa shape index (κ1) is 18.7. The maximum Gasteiger partial charge on any atom is 0.233 e. The topological polar surface area (TPSA) is 46.3 Å². The highest BCUT2D eigenvalue weighted by Gasteiger charge is 2.21. The van der Waals surface area contributed by atoms with E-state index >= 15 is 0 Å². The van der Waals surface area contributed by atoms with Gasteiger partial charge in [0.2, 0.25) is 5.91 Å². The molecule has 0 atom stereocenters. The van der Waals surface area contributed by atoms with Gasteiger partial charge in [0.15, 0.2) is 5.13 Å². The van der Waals surface area contributed by atoms with Crippen molar-refractivity contribution >= 4 is 44.4 Å². The Hall–Kier alpha value is -2.64. The van der Waals surface area contributed by atoms with Gasteiger partial charge in [0.05, 0.1) is 29.4 Å². The van der Waals surface area contributed by atoms with Crippen molar-refractivity contribution in [2.75, 3.05) is 11.2 Å². The Kier molecular flexibility index (Phi) is 5.45. The van der Waals surface area contributed by atoms with E-state index in [2.05, 4.69) is 4.98 Å². The van der Waals surface area contributed by atoms with Gasteiger partial charge in [-0.1, -0.05) is 23.5 Å². The quantitative estimate of drug-likeness (QED) is 0.391. The average Bonchev–Trinajstić information content (AvgIpc) is 3.35. The number of benzene rings is 2. The molecule has 0 unspecified atom stereocenters. The zero-order valence-corrected chi connectivity index (χ0v) is 16.7. The molecule has 0 saturated heterocycles. The molecule has 0 aliphatic rings. The van der Waals surface area contributed by atoms with Crippen LogP contribution in [0.5, 0.6) is 0 Å². The van der Waals surface area contributed by atoms with Crippen LogP contribution < -0.4 is 4.90 Å². The van der Waals surface area contributed by atoms with Gasteiger partial charge in [-0.2, -0.15) is 0 Å². The molecule has 0 bridgehead atoms. The number of carbonyl (C=O) groups is 1. The highest BCUT2D eigenvalue weighted by atomic mass is 32.2. The maximum absolute atomic E-state index is 13.5. The number of nitrogens with zero attached hydrogens (tertiary/aromatic N) is 2. The molecule has 0 aliphatic carbocycles. The van der Waals surface area contributed by atoms with Crippen molar-refractivity contribution in [2.24, 2.45) is 0 Å². The minimum absolute atomic E-state index is 0.0900. The molecule has 4 rings (SSSR count). The van der Waals surface area contributed by atoms with Crippen molar-refractivity contribution < 1.29 is 13.6 Å². The standard InChI is InChI=1S/C21H17FN2O2S2/c1-27-17-7-4-14(5-8-17)11-20(25)24(13-16-3-2-10-26-16)21-23-18-9-6-15(22)12-19(18)28-21/h2-10,12H,11,13H2,1H3. The summed E-state index contributed by atoms with van der Waals surface area (Å²) in [5, 5.41) is 0.530. The monoisotopic (exact) mass is 412 g/mol. The van der Waals surface area contributed by atoms with Gasteiger partial charge < -0.3 is 4.42 Å². The van der Waals surface area contributed by atoms with Crippen molar-refractivity contribution in [1.29, 1.82) is 0 Å². The van der Waals surface area contributed by atoms with E-state index in [1.807, 2.05) is 36.6 Å². The molecular formula is C21H17FN2O2S2. The van der Waals surface area contributed by atoms with Gasteiger partial charge in [-0.3, -0.25) is 9.69 Å². The van der Waals surface area contributed by atoms with Crippen LogP contribution in [0.1, 0.15) is 11.3 Å². The molecule has 0 saturated carbocycles. The van der Waals surface area contributed by atoms with Crippen LogP contribution in [-0.2, 0) is 17.8 Å². The van der Waals surface area contributed by atoms with E-state index in [1.165, 1.54) is 23.5 Å². The molecule has 2 heterocycles. The second-order valence-electron chi connectivity index (χ2n) is 6.19. The molecule has 1 amide bonds. The number of halogens is 1. The van der Waals surface area contributed by atoms with Gasteiger partial charge in [-0.25, -0.2) is 9.37 Å². The molecule has 2 aromatic heterocycles. The van der Waals surface area contributed by atoms with E-state index in [9.17, 15) is 9.18 Å². The number of thiazole rings is 1. The number of amides is 1. The van der Waals surface area contributed by atoms with Crippen LogP contribution in [0.2, 0.25) is 0 Å². The van der Waals surface area contributed by atoms with Crippen LogP contribution in [0.15, 0.2) is 70.2 Å². The summed E-state index contributed by atoms with van der Waals surface area (Å²) >= 11 is 2.95. The number of hydrogen-bond acceptors (Lipinski definition) is 5. The molecule has 0 fully saturated rings. The second kappa shape index (κ2) is 8.16. The molecule has 7 heteroatoms. The Bertz CT molecular complexity index is 1090. The third-order valence-corrected chi connectivity index (χ3v) is 6.06. The fraction of sp³-hybridized carbons (Fsp3) is 0.143. The van der Waals surface area contributed by atoms with Crippen LogP contribution >= 0.6 is 23.1 Å². The van der Waals surface area contributed by atoms with Gasteiger partial charge in [-0.15, -0.1) is 11.8 Å². The Morgan fingerprint density at radius 1 is 1.21 bits per heavy atom. The third-order valence-electron chi connectivity index (χ3n) is 4.28. The average molecular weight is 413 g/mol. The van der Waals surface area contributed by atoms with Crippen molar-refractivity contribution in [3.63, 3.8) is 0 Å². The van der Waals surface area contributed by atoms with E-state index in [0.29, 0.717) is 21.1 Å². The van der Waals surface area contributed by atoms with E-state index < -0.39 is 0 Å². The minimum atomic E-state index is -0.319. The van der Waals surface area contributed by atoms with Crippen molar-refractivity contribution in [1.82, 2.24) is 4.98 Å². The molecule has 4 nitrogen and oxygen atoms in total. The fourth-order valence-electron chi connectivity index (χ4n) is 2.84. The van der Waals surface area contributed by atoms with Crippen molar-refractivity contribution in [2.45, 2.75) is 17.9 Å². The summed E-state index contributed by atoms with van der Waals surface area (Å²) in [6.07, 6.45) is 3.84. The van der Waals surface area contributed by atoms with Crippen LogP contribution in [0.4, 0.5) is 9.52 Å². The van der Waals surface area contributed by atoms with Gasteiger partial charge in [0.25, 0.3) is 0 Å². The smallest absolute Gasteiger partial charge is 0.233 e. The van der Waals surface area contributed by atoms with E-state index in [1.54, 1.807) is 35.1 Å². The number of hydrogen-bond donors (Lipinski definition) is 0. The van der Waals surface area contributed by atoms with Crippen LogP contribution in [-0.4, -0.2) is 17.1 Å². The van der Waals surface area contributed by atoms with Crippen LogP contribution in [0.3, 0.4) is 0 Å². The lowest BCUT2D eigenvalue weighted by atomic mass is 10.1. The highest BCUT2D eigenvalue weighted by molar-refractivity contribution is 7.98. The molecule has 0 spiro atoms. The fourth-order valence-corrected chi connectivity index (χ4v) is 4.25. The zero-order valence-electron chi connectivity index (χ0n) is 15.1. The number of fused-ring (bicyclic) bond motifs is 1. The molecule has 28 heavy (non-hydrogen) atoms. The number of aromatic nitrogens is 1. The lowest BCUT2D eigenvalue weighted by Gasteiger charge is -2.19. The molecule has 0 N–H and O–H groups in total. The second-order valence-corrected chi connectivity index (χ2v) is 8.08. The summed E-state index contributed by atoms with van der Waals surface area (Å²) in [4.78, 5) is 20.4. The first-order valence-corrected chi connectivity index (χ1v) is 10.7. The lowest BCUT2D eigenvalue weighted by molar-refractivity contribution is -0.118. The maximum atomic E-state index is 13.5. The minimum Gasteiger partial charge on any atom is -0.467 e. The first-order chi connectivity index (χ1) is 13.6. The summed E-state index contributed by atoms with van der Waals surface area (Å²) in [5.41, 5.74) is 1.60. The Morgan fingerprint density at radius 3 is 2.75 bits per heavy atom. The summed E-state index contributed by atoms with van der Waals surface area (Å²) in [7, 11) is 0. The summed E-state index contributed by atoms with van der Waals surface area (Å²) in [6.45, 7) is 0.275. The van der Waals surface area contributed by atoms with E-state index in [4.69, 9.17) is 4.42 Å². The number of anilines is 1. The predicted molar refractivity (Wildman–Crippen MR) is 111 cm³/mol. The largest absolute Gasteiger partial charge is 0.467 e. The molecular weight excluding hydrogens is 395 g/mol. The Balaban J connectivity index is 1.64. The SMILES string of the molecule is CSc1ccc(CC(=O)N(Cc2ccco2)c2nc3ccc(F)cc3s2)cc1. The van der Waals surface area contributed by atoms with Gasteiger partial charge in [-0.05, 0) is 54.3 Å². The lowest BCUT2D eigenvalue weighted by Crippen LogP contribution is -2.31. The first-order valence-electron chi connectivity index (χ1n) is 8.64. The van der Waals surface area contributed by atoms with Crippen LogP contribution in [0, 0.1) is 5.82 Å². The molecule has 4 aromatic rings. The Labute approximate surface area is 170 Å². The van der Waals surface area contributed by atoms with E-state index in [0.717, 1.165) is 10.5 Å². The summed E-state index contributed by atoms with van der Waals surface area (Å²) in [6, 6.07) is 16.0. The normalized spacial score (nSPS) is 11.1.